The molecule has 0 saturated carbocycles. The minimum absolute atomic E-state index is 0.0839. The first-order valence-corrected chi connectivity index (χ1v) is 4.98. The average molecular weight is 244 g/mol. The summed E-state index contributed by atoms with van der Waals surface area (Å²) < 4.78 is 4.89. The maximum atomic E-state index is 8.91. The number of nitrogens with two attached hydrogens (primary N) is 1. The lowest BCUT2D eigenvalue weighted by atomic mass is 10.5. The van der Waals surface area contributed by atoms with Gasteiger partial charge in [0.25, 0.3) is 0 Å². The molecule has 0 aliphatic heterocycles. The van der Waals surface area contributed by atoms with Crippen molar-refractivity contribution >= 4 is 11.9 Å². The fraction of sp³-hybridized carbons (Fsp3) is 0.625. The number of rotatable bonds is 7. The van der Waals surface area contributed by atoms with Crippen LogP contribution in [-0.2, 0) is 0 Å². The number of aliphatic hydroxyl groups is 2. The van der Waals surface area contributed by atoms with Gasteiger partial charge in [0.05, 0.1) is 20.3 Å². The third-order valence-corrected chi connectivity index (χ3v) is 1.94. The van der Waals surface area contributed by atoms with Gasteiger partial charge in [0.2, 0.25) is 11.9 Å². The van der Waals surface area contributed by atoms with Gasteiger partial charge in [0.1, 0.15) is 0 Å². The number of ether oxygens (including phenoxy) is 1. The van der Waals surface area contributed by atoms with E-state index >= 15 is 0 Å². The number of nitrogens with one attached hydrogen (secondary N) is 1. The zero-order chi connectivity index (χ0) is 12.7. The number of hydrogen-bond acceptors (Lipinski definition) is 9. The molecule has 9 nitrogen and oxygen atoms in total. The Bertz CT molecular complexity index is 322. The Balaban J connectivity index is 2.99. The summed E-state index contributed by atoms with van der Waals surface area (Å²) in [7, 11) is 1.42. The lowest BCUT2D eigenvalue weighted by Gasteiger charge is -2.20. The molecule has 0 aromatic carbocycles. The molecule has 5 N–H and O–H groups in total. The van der Waals surface area contributed by atoms with E-state index in [1.165, 1.54) is 7.11 Å². The highest BCUT2D eigenvalue weighted by Gasteiger charge is 2.12. The van der Waals surface area contributed by atoms with Crippen LogP contribution < -0.4 is 20.9 Å². The first-order chi connectivity index (χ1) is 8.24. The van der Waals surface area contributed by atoms with Gasteiger partial charge in [-0.25, -0.2) is 5.84 Å². The van der Waals surface area contributed by atoms with Crippen molar-refractivity contribution in [3.63, 3.8) is 0 Å². The molecule has 1 aromatic rings. The van der Waals surface area contributed by atoms with Gasteiger partial charge in [0, 0.05) is 13.1 Å². The van der Waals surface area contributed by atoms with Crippen LogP contribution in [0.2, 0.25) is 0 Å². The number of anilines is 2. The third-order valence-electron chi connectivity index (χ3n) is 1.94. The number of hydrazine groups is 1. The second-order valence-corrected chi connectivity index (χ2v) is 3.02. The Kier molecular flexibility index (Phi) is 5.33. The van der Waals surface area contributed by atoms with Gasteiger partial charge in [0.15, 0.2) is 0 Å². The van der Waals surface area contributed by atoms with E-state index in [9.17, 15) is 0 Å². The van der Waals surface area contributed by atoms with Gasteiger partial charge in [-0.15, -0.1) is 0 Å². The minimum Gasteiger partial charge on any atom is -0.467 e. The molecule has 96 valence electrons. The van der Waals surface area contributed by atoms with E-state index in [0.29, 0.717) is 0 Å². The van der Waals surface area contributed by atoms with Crippen molar-refractivity contribution in [2.24, 2.45) is 5.84 Å². The Labute approximate surface area is 98.2 Å². The van der Waals surface area contributed by atoms with Gasteiger partial charge in [-0.05, 0) is 0 Å². The molecular weight excluding hydrogens is 228 g/mol. The maximum Gasteiger partial charge on any atom is 0.322 e. The number of aromatic nitrogens is 3. The highest BCUT2D eigenvalue weighted by atomic mass is 16.5. The van der Waals surface area contributed by atoms with Crippen LogP contribution in [0.1, 0.15) is 0 Å². The highest BCUT2D eigenvalue weighted by Crippen LogP contribution is 2.13. The summed E-state index contributed by atoms with van der Waals surface area (Å²) in [6, 6.07) is 0.101. The van der Waals surface area contributed by atoms with E-state index in [4.69, 9.17) is 20.8 Å². The molecule has 0 atom stereocenters. The second-order valence-electron chi connectivity index (χ2n) is 3.02. The number of aliphatic hydroxyl groups excluding tert-OH is 2. The molecule has 1 aromatic heterocycles. The maximum absolute atomic E-state index is 8.91. The average Bonchev–Trinajstić information content (AvgIpc) is 2.37. The highest BCUT2D eigenvalue weighted by molar-refractivity contribution is 5.37. The van der Waals surface area contributed by atoms with Gasteiger partial charge < -0.3 is 19.8 Å². The molecule has 0 unspecified atom stereocenters. The zero-order valence-electron chi connectivity index (χ0n) is 9.50. The fourth-order valence-corrected chi connectivity index (χ4v) is 1.20. The third kappa shape index (κ3) is 3.66. The number of nitrogen functional groups attached to an aromatic ring is 1. The van der Waals surface area contributed by atoms with Gasteiger partial charge in [-0.1, -0.05) is 0 Å². The van der Waals surface area contributed by atoms with Crippen molar-refractivity contribution < 1.29 is 14.9 Å². The Hall–Kier alpha value is -1.71. The normalized spacial score (nSPS) is 10.1. The molecule has 0 aliphatic rings. The topological polar surface area (TPSA) is 130 Å². The summed E-state index contributed by atoms with van der Waals surface area (Å²) in [6.07, 6.45) is 0. The summed E-state index contributed by atoms with van der Waals surface area (Å²) in [6.45, 7) is 0.411. The lowest BCUT2D eigenvalue weighted by molar-refractivity contribution is 0.279. The molecule has 0 saturated heterocycles. The molecule has 0 bridgehead atoms. The molecular formula is C8H16N6O3. The molecule has 0 radical (unpaired) electrons. The first-order valence-electron chi connectivity index (χ1n) is 4.98. The molecule has 0 aliphatic carbocycles. The Morgan fingerprint density at radius 3 is 2.35 bits per heavy atom. The quantitative estimate of drug-likeness (QED) is 0.316. The fourth-order valence-electron chi connectivity index (χ4n) is 1.20. The van der Waals surface area contributed by atoms with Crippen molar-refractivity contribution in [2.45, 2.75) is 0 Å². The van der Waals surface area contributed by atoms with Crippen molar-refractivity contribution in [1.29, 1.82) is 0 Å². The summed E-state index contributed by atoms with van der Waals surface area (Å²) in [5, 5.41) is 17.8. The van der Waals surface area contributed by atoms with Gasteiger partial charge >= 0.3 is 6.01 Å². The molecule has 9 heteroatoms. The van der Waals surface area contributed by atoms with Gasteiger partial charge in [-0.2, -0.15) is 15.0 Å². The SMILES string of the molecule is COc1nc(NN)nc(N(CCO)CCO)n1. The molecule has 0 spiro atoms. The van der Waals surface area contributed by atoms with Crippen molar-refractivity contribution in [1.82, 2.24) is 15.0 Å². The second kappa shape index (κ2) is 6.78. The number of nitrogens with zero attached hydrogens (tertiary/aromatic N) is 4. The molecule has 1 rings (SSSR count). The summed E-state index contributed by atoms with van der Waals surface area (Å²) >= 11 is 0. The van der Waals surface area contributed by atoms with Crippen LogP contribution in [0, 0.1) is 0 Å². The van der Waals surface area contributed by atoms with Crippen LogP contribution in [0.5, 0.6) is 6.01 Å². The van der Waals surface area contributed by atoms with Crippen molar-refractivity contribution in [3.8, 4) is 6.01 Å². The van der Waals surface area contributed by atoms with E-state index in [0.717, 1.165) is 0 Å². The largest absolute Gasteiger partial charge is 0.467 e. The predicted octanol–water partition coefficient (Wildman–Crippen LogP) is -2.04. The van der Waals surface area contributed by atoms with E-state index in [2.05, 4.69) is 20.4 Å². The van der Waals surface area contributed by atoms with Crippen LogP contribution in [0.15, 0.2) is 0 Å². The van der Waals surface area contributed by atoms with Crippen LogP contribution in [0.25, 0.3) is 0 Å². The van der Waals surface area contributed by atoms with Crippen LogP contribution in [0.3, 0.4) is 0 Å². The Morgan fingerprint density at radius 2 is 1.88 bits per heavy atom. The summed E-state index contributed by atoms with van der Waals surface area (Å²) in [5.74, 6) is 5.63. The van der Waals surface area contributed by atoms with Crippen molar-refractivity contribution in [3.05, 3.63) is 0 Å². The smallest absolute Gasteiger partial charge is 0.322 e. The minimum atomic E-state index is -0.0839. The molecule has 0 fully saturated rings. The van der Waals surface area contributed by atoms with Crippen LogP contribution >= 0.6 is 0 Å². The standard InChI is InChI=1S/C8H16N6O3/c1-17-8-11-6(13-9)10-7(12-8)14(2-4-15)3-5-16/h15-16H,2-5,9H2,1H3,(H,10,11,12,13). The van der Waals surface area contributed by atoms with Crippen LogP contribution in [0.4, 0.5) is 11.9 Å². The summed E-state index contributed by atoms with van der Waals surface area (Å²) in [5.41, 5.74) is 2.29. The van der Waals surface area contributed by atoms with Crippen molar-refractivity contribution in [2.75, 3.05) is 43.7 Å². The summed E-state index contributed by atoms with van der Waals surface area (Å²) in [4.78, 5) is 13.4. The predicted molar refractivity (Wildman–Crippen MR) is 60.6 cm³/mol. The number of methoxy groups -OCH3 is 1. The monoisotopic (exact) mass is 244 g/mol. The van der Waals surface area contributed by atoms with E-state index in [1.807, 2.05) is 0 Å². The lowest BCUT2D eigenvalue weighted by Crippen LogP contribution is -2.32. The number of hydrogen-bond donors (Lipinski definition) is 4. The van der Waals surface area contributed by atoms with Crippen LogP contribution in [-0.4, -0.2) is 58.6 Å². The van der Waals surface area contributed by atoms with Gasteiger partial charge in [-0.3, -0.25) is 5.43 Å². The zero-order valence-corrected chi connectivity index (χ0v) is 9.50. The van der Waals surface area contributed by atoms with E-state index < -0.39 is 0 Å². The first kappa shape index (κ1) is 13.4. The van der Waals surface area contributed by atoms with E-state index in [-0.39, 0.29) is 44.2 Å². The molecule has 17 heavy (non-hydrogen) atoms. The van der Waals surface area contributed by atoms with E-state index in [1.54, 1.807) is 4.90 Å². The molecule has 1 heterocycles. The Morgan fingerprint density at radius 1 is 1.24 bits per heavy atom. The molecule has 0 amide bonds.